The first-order valence-electron chi connectivity index (χ1n) is 6.71. The minimum Gasteiger partial charge on any atom is -0.380 e. The standard InChI is InChI=1S/C14H18N6/c1-4-12-10(9-19(2)18-12)7-16-13-5-6-15-14-11(13)8-17-20(14)3/h5-6,8-9H,4,7H2,1-3H3,(H,15,16). The van der Waals surface area contributed by atoms with Crippen molar-refractivity contribution in [3.8, 4) is 0 Å². The van der Waals surface area contributed by atoms with Gasteiger partial charge in [0, 0.05) is 44.3 Å². The Hall–Kier alpha value is -2.37. The van der Waals surface area contributed by atoms with Crippen LogP contribution < -0.4 is 5.32 Å². The summed E-state index contributed by atoms with van der Waals surface area (Å²) in [6, 6.07) is 1.98. The Kier molecular flexibility index (Phi) is 3.14. The average molecular weight is 270 g/mol. The molecule has 0 aliphatic carbocycles. The first-order chi connectivity index (χ1) is 9.69. The van der Waals surface area contributed by atoms with Crippen molar-refractivity contribution >= 4 is 16.7 Å². The lowest BCUT2D eigenvalue weighted by molar-refractivity contribution is 0.746. The van der Waals surface area contributed by atoms with Crippen LogP contribution in [0.5, 0.6) is 0 Å². The van der Waals surface area contributed by atoms with Crippen LogP contribution in [-0.4, -0.2) is 24.5 Å². The summed E-state index contributed by atoms with van der Waals surface area (Å²) in [5, 5.41) is 13.2. The van der Waals surface area contributed by atoms with Crippen molar-refractivity contribution in [2.24, 2.45) is 14.1 Å². The van der Waals surface area contributed by atoms with E-state index in [2.05, 4.69) is 33.6 Å². The number of fused-ring (bicyclic) bond motifs is 1. The molecule has 0 bridgehead atoms. The van der Waals surface area contributed by atoms with Crippen LogP contribution in [0.15, 0.2) is 24.7 Å². The van der Waals surface area contributed by atoms with Crippen molar-refractivity contribution in [2.75, 3.05) is 5.32 Å². The number of aromatic nitrogens is 5. The van der Waals surface area contributed by atoms with E-state index in [9.17, 15) is 0 Å². The topological polar surface area (TPSA) is 60.6 Å². The zero-order valence-corrected chi connectivity index (χ0v) is 12.0. The Morgan fingerprint density at radius 1 is 1.30 bits per heavy atom. The molecule has 0 aliphatic rings. The van der Waals surface area contributed by atoms with Gasteiger partial charge in [-0.1, -0.05) is 6.92 Å². The van der Waals surface area contributed by atoms with Crippen LogP contribution in [0.4, 0.5) is 5.69 Å². The number of hydrogen-bond acceptors (Lipinski definition) is 4. The molecule has 0 atom stereocenters. The third-order valence-electron chi connectivity index (χ3n) is 3.43. The van der Waals surface area contributed by atoms with E-state index in [1.54, 1.807) is 10.9 Å². The Labute approximate surface area is 117 Å². The van der Waals surface area contributed by atoms with Crippen molar-refractivity contribution in [3.05, 3.63) is 35.9 Å². The summed E-state index contributed by atoms with van der Waals surface area (Å²) in [6.45, 7) is 2.88. The highest BCUT2D eigenvalue weighted by atomic mass is 15.3. The number of hydrogen-bond donors (Lipinski definition) is 1. The normalized spacial score (nSPS) is 11.2. The molecule has 0 saturated heterocycles. The second-order valence-electron chi connectivity index (χ2n) is 4.85. The molecular weight excluding hydrogens is 252 g/mol. The molecule has 1 N–H and O–H groups in total. The van der Waals surface area contributed by atoms with Gasteiger partial charge in [0.1, 0.15) is 0 Å². The number of rotatable bonds is 4. The van der Waals surface area contributed by atoms with Gasteiger partial charge in [-0.25, -0.2) is 4.98 Å². The quantitative estimate of drug-likeness (QED) is 0.786. The smallest absolute Gasteiger partial charge is 0.159 e. The van der Waals surface area contributed by atoms with Gasteiger partial charge in [0.15, 0.2) is 5.65 Å². The summed E-state index contributed by atoms with van der Waals surface area (Å²) < 4.78 is 3.64. The van der Waals surface area contributed by atoms with Crippen molar-refractivity contribution in [1.82, 2.24) is 24.5 Å². The Morgan fingerprint density at radius 2 is 2.15 bits per heavy atom. The fourth-order valence-corrected chi connectivity index (χ4v) is 2.42. The lowest BCUT2D eigenvalue weighted by atomic mass is 10.2. The Balaban J connectivity index is 1.86. The summed E-state index contributed by atoms with van der Waals surface area (Å²) in [5.74, 6) is 0. The van der Waals surface area contributed by atoms with Gasteiger partial charge in [-0.3, -0.25) is 9.36 Å². The molecule has 3 rings (SSSR count). The van der Waals surface area contributed by atoms with Gasteiger partial charge in [0.05, 0.1) is 17.3 Å². The van der Waals surface area contributed by atoms with E-state index in [0.717, 1.165) is 35.4 Å². The van der Waals surface area contributed by atoms with E-state index in [1.807, 2.05) is 31.0 Å². The molecule has 0 aromatic carbocycles. The van der Waals surface area contributed by atoms with Crippen LogP contribution in [0.3, 0.4) is 0 Å². The van der Waals surface area contributed by atoms with Crippen LogP contribution in [-0.2, 0) is 27.1 Å². The van der Waals surface area contributed by atoms with Crippen LogP contribution in [0, 0.1) is 0 Å². The summed E-state index contributed by atoms with van der Waals surface area (Å²) in [5.41, 5.74) is 4.30. The minimum absolute atomic E-state index is 0.755. The third-order valence-corrected chi connectivity index (χ3v) is 3.43. The molecular formula is C14H18N6. The fourth-order valence-electron chi connectivity index (χ4n) is 2.42. The molecule has 104 valence electrons. The van der Waals surface area contributed by atoms with Gasteiger partial charge < -0.3 is 5.32 Å². The van der Waals surface area contributed by atoms with Crippen molar-refractivity contribution in [2.45, 2.75) is 19.9 Å². The maximum absolute atomic E-state index is 4.46. The van der Waals surface area contributed by atoms with Gasteiger partial charge in [-0.2, -0.15) is 10.2 Å². The molecule has 6 heteroatoms. The highest BCUT2D eigenvalue weighted by Gasteiger charge is 2.08. The fraction of sp³-hybridized carbons (Fsp3) is 0.357. The summed E-state index contributed by atoms with van der Waals surface area (Å²) in [4.78, 5) is 4.34. The highest BCUT2D eigenvalue weighted by molar-refractivity contribution is 5.88. The van der Waals surface area contributed by atoms with E-state index < -0.39 is 0 Å². The molecule has 0 saturated carbocycles. The van der Waals surface area contributed by atoms with Crippen LogP contribution in [0.2, 0.25) is 0 Å². The zero-order chi connectivity index (χ0) is 14.1. The lowest BCUT2D eigenvalue weighted by Crippen LogP contribution is -2.02. The predicted molar refractivity (Wildman–Crippen MR) is 78.4 cm³/mol. The number of pyridine rings is 1. The molecule has 0 fully saturated rings. The van der Waals surface area contributed by atoms with E-state index in [4.69, 9.17) is 0 Å². The largest absolute Gasteiger partial charge is 0.380 e. The van der Waals surface area contributed by atoms with E-state index in [-0.39, 0.29) is 0 Å². The van der Waals surface area contributed by atoms with Gasteiger partial charge in [0.25, 0.3) is 0 Å². The predicted octanol–water partition coefficient (Wildman–Crippen LogP) is 1.88. The van der Waals surface area contributed by atoms with Crippen molar-refractivity contribution < 1.29 is 0 Å². The second kappa shape index (κ2) is 4.96. The number of anilines is 1. The Morgan fingerprint density at radius 3 is 2.95 bits per heavy atom. The van der Waals surface area contributed by atoms with E-state index in [1.165, 1.54) is 5.56 Å². The lowest BCUT2D eigenvalue weighted by Gasteiger charge is -2.07. The molecule has 3 heterocycles. The number of nitrogens with one attached hydrogen (secondary N) is 1. The minimum atomic E-state index is 0.755. The first kappa shape index (κ1) is 12.7. The maximum Gasteiger partial charge on any atom is 0.159 e. The van der Waals surface area contributed by atoms with Crippen LogP contribution >= 0.6 is 0 Å². The van der Waals surface area contributed by atoms with Crippen LogP contribution in [0.25, 0.3) is 11.0 Å². The number of aryl methyl sites for hydroxylation is 3. The third kappa shape index (κ3) is 2.13. The van der Waals surface area contributed by atoms with Gasteiger partial charge in [0.2, 0.25) is 0 Å². The maximum atomic E-state index is 4.46. The highest BCUT2D eigenvalue weighted by Crippen LogP contribution is 2.21. The monoisotopic (exact) mass is 270 g/mol. The van der Waals surface area contributed by atoms with E-state index >= 15 is 0 Å². The SMILES string of the molecule is CCc1nn(C)cc1CNc1ccnc2c1cnn2C. The second-order valence-corrected chi connectivity index (χ2v) is 4.85. The molecule has 6 nitrogen and oxygen atoms in total. The molecule has 0 unspecified atom stereocenters. The molecule has 3 aromatic rings. The van der Waals surface area contributed by atoms with Gasteiger partial charge in [-0.05, 0) is 12.5 Å². The average Bonchev–Trinajstić information content (AvgIpc) is 3.00. The van der Waals surface area contributed by atoms with Crippen molar-refractivity contribution in [3.63, 3.8) is 0 Å². The van der Waals surface area contributed by atoms with Crippen LogP contribution in [0.1, 0.15) is 18.2 Å². The zero-order valence-electron chi connectivity index (χ0n) is 12.0. The Bertz CT molecular complexity index is 739. The summed E-state index contributed by atoms with van der Waals surface area (Å²) in [7, 11) is 3.85. The number of nitrogens with zero attached hydrogens (tertiary/aromatic N) is 5. The first-order valence-corrected chi connectivity index (χ1v) is 6.71. The molecule has 0 amide bonds. The molecule has 20 heavy (non-hydrogen) atoms. The summed E-state index contributed by atoms with van der Waals surface area (Å²) in [6.07, 6.45) is 6.65. The molecule has 0 aliphatic heterocycles. The molecule has 0 spiro atoms. The van der Waals surface area contributed by atoms with E-state index in [0.29, 0.717) is 0 Å². The molecule has 3 aromatic heterocycles. The molecule has 0 radical (unpaired) electrons. The van der Waals surface area contributed by atoms with Crippen molar-refractivity contribution in [1.29, 1.82) is 0 Å². The van der Waals surface area contributed by atoms with Gasteiger partial charge >= 0.3 is 0 Å². The van der Waals surface area contributed by atoms with Gasteiger partial charge in [-0.15, -0.1) is 0 Å². The summed E-state index contributed by atoms with van der Waals surface area (Å²) >= 11 is 0.